The lowest BCUT2D eigenvalue weighted by Crippen LogP contribution is -2.42. The first kappa shape index (κ1) is 16.6. The van der Waals surface area contributed by atoms with Gasteiger partial charge in [-0.15, -0.1) is 0 Å². The number of likely N-dealkylation sites (tertiary alicyclic amines) is 1. The van der Waals surface area contributed by atoms with Crippen LogP contribution in [0.4, 0.5) is 0 Å². The number of hydrogen-bond donors (Lipinski definition) is 1. The lowest BCUT2D eigenvalue weighted by atomic mass is 9.95. The van der Waals surface area contributed by atoms with E-state index in [1.807, 2.05) is 29.0 Å². The monoisotopic (exact) mass is 363 g/mol. The number of hydrogen-bond acceptors (Lipinski definition) is 3. The van der Waals surface area contributed by atoms with Crippen LogP contribution in [0.15, 0.2) is 36.8 Å². The van der Waals surface area contributed by atoms with E-state index in [1.54, 1.807) is 0 Å². The lowest BCUT2D eigenvalue weighted by Gasteiger charge is -2.34. The lowest BCUT2D eigenvalue weighted by molar-refractivity contribution is -0.132. The SMILES string of the molecule is Cn1cnc2c1C(C(=O)N1CCCC1)CN(Cc1cccc3[nH]ccc13)C2. The van der Waals surface area contributed by atoms with Crippen LogP contribution in [0.3, 0.4) is 0 Å². The molecule has 1 saturated heterocycles. The zero-order valence-electron chi connectivity index (χ0n) is 15.7. The Hall–Kier alpha value is -2.60. The number of aromatic amines is 1. The Morgan fingerprint density at radius 2 is 2.11 bits per heavy atom. The molecule has 2 aromatic heterocycles. The molecule has 3 aromatic rings. The van der Waals surface area contributed by atoms with E-state index in [1.165, 1.54) is 10.9 Å². The van der Waals surface area contributed by atoms with Crippen molar-refractivity contribution < 1.29 is 4.79 Å². The van der Waals surface area contributed by atoms with E-state index in [9.17, 15) is 4.79 Å². The summed E-state index contributed by atoms with van der Waals surface area (Å²) in [5.41, 5.74) is 4.60. The maximum atomic E-state index is 13.2. The molecule has 1 fully saturated rings. The Morgan fingerprint density at radius 3 is 2.96 bits per heavy atom. The first-order valence-corrected chi connectivity index (χ1v) is 9.77. The molecular formula is C21H25N5O. The van der Waals surface area contributed by atoms with Gasteiger partial charge in [0.05, 0.1) is 23.6 Å². The summed E-state index contributed by atoms with van der Waals surface area (Å²) in [6.45, 7) is 4.16. The van der Waals surface area contributed by atoms with Gasteiger partial charge in [-0.25, -0.2) is 4.98 Å². The Balaban J connectivity index is 1.45. The Kier molecular flexibility index (Phi) is 4.01. The summed E-state index contributed by atoms with van der Waals surface area (Å²) in [6, 6.07) is 8.51. The van der Waals surface area contributed by atoms with Crippen molar-refractivity contribution in [1.82, 2.24) is 24.3 Å². The van der Waals surface area contributed by atoms with Crippen molar-refractivity contribution in [2.24, 2.45) is 7.05 Å². The number of nitrogens with zero attached hydrogens (tertiary/aromatic N) is 4. The molecule has 5 rings (SSSR count). The number of aryl methyl sites for hydroxylation is 1. The van der Waals surface area contributed by atoms with Crippen molar-refractivity contribution in [1.29, 1.82) is 0 Å². The van der Waals surface area contributed by atoms with Gasteiger partial charge in [-0.3, -0.25) is 9.69 Å². The number of fused-ring (bicyclic) bond motifs is 2. The van der Waals surface area contributed by atoms with Gasteiger partial charge in [-0.2, -0.15) is 0 Å². The van der Waals surface area contributed by atoms with Crippen LogP contribution in [0.5, 0.6) is 0 Å². The van der Waals surface area contributed by atoms with Gasteiger partial charge in [0.15, 0.2) is 0 Å². The largest absolute Gasteiger partial charge is 0.361 e. The summed E-state index contributed by atoms with van der Waals surface area (Å²) in [6.07, 6.45) is 6.08. The van der Waals surface area contributed by atoms with Gasteiger partial charge in [0.25, 0.3) is 0 Å². The summed E-state index contributed by atoms with van der Waals surface area (Å²) >= 11 is 0. The van der Waals surface area contributed by atoms with Crippen molar-refractivity contribution in [3.63, 3.8) is 0 Å². The predicted molar refractivity (Wildman–Crippen MR) is 104 cm³/mol. The molecule has 2 aliphatic heterocycles. The highest BCUT2D eigenvalue weighted by Crippen LogP contribution is 2.31. The maximum Gasteiger partial charge on any atom is 0.233 e. The van der Waals surface area contributed by atoms with E-state index in [0.29, 0.717) is 0 Å². The van der Waals surface area contributed by atoms with E-state index in [0.717, 1.165) is 62.5 Å². The standard InChI is InChI=1S/C21H25N5O/c1-24-14-23-19-13-25(11-15-5-4-6-18-16(15)7-8-22-18)12-17(20(19)24)21(27)26-9-2-3-10-26/h4-8,14,17,22H,2-3,9-13H2,1H3. The molecule has 27 heavy (non-hydrogen) atoms. The molecule has 140 valence electrons. The molecular weight excluding hydrogens is 338 g/mol. The van der Waals surface area contributed by atoms with E-state index >= 15 is 0 Å². The van der Waals surface area contributed by atoms with Crippen LogP contribution < -0.4 is 0 Å². The molecule has 6 nitrogen and oxygen atoms in total. The molecule has 1 atom stereocenters. The second kappa shape index (κ2) is 6.53. The molecule has 0 radical (unpaired) electrons. The third kappa shape index (κ3) is 2.84. The van der Waals surface area contributed by atoms with E-state index in [2.05, 4.69) is 39.1 Å². The van der Waals surface area contributed by atoms with Crippen LogP contribution in [0.2, 0.25) is 0 Å². The van der Waals surface area contributed by atoms with Crippen molar-refractivity contribution in [3.05, 3.63) is 53.7 Å². The highest BCUT2D eigenvalue weighted by atomic mass is 16.2. The molecule has 1 N–H and O–H groups in total. The number of imidazole rings is 1. The minimum Gasteiger partial charge on any atom is -0.361 e. The number of rotatable bonds is 3. The number of carbonyl (C=O) groups excluding carboxylic acids is 1. The van der Waals surface area contributed by atoms with Gasteiger partial charge in [0.1, 0.15) is 0 Å². The quantitative estimate of drug-likeness (QED) is 0.778. The van der Waals surface area contributed by atoms with Crippen LogP contribution in [0, 0.1) is 0 Å². The smallest absolute Gasteiger partial charge is 0.233 e. The molecule has 1 unspecified atom stereocenters. The second-order valence-electron chi connectivity index (χ2n) is 7.80. The molecule has 0 aliphatic carbocycles. The maximum absolute atomic E-state index is 13.2. The fourth-order valence-electron chi connectivity index (χ4n) is 4.68. The fourth-order valence-corrected chi connectivity index (χ4v) is 4.68. The van der Waals surface area contributed by atoms with Crippen molar-refractivity contribution in [2.45, 2.75) is 31.8 Å². The van der Waals surface area contributed by atoms with Crippen LogP contribution in [-0.2, 0) is 24.9 Å². The molecule has 6 heteroatoms. The van der Waals surface area contributed by atoms with Gasteiger partial charge in [0, 0.05) is 56.9 Å². The molecule has 1 amide bonds. The van der Waals surface area contributed by atoms with Gasteiger partial charge in [0.2, 0.25) is 5.91 Å². The summed E-state index contributed by atoms with van der Waals surface area (Å²) < 4.78 is 2.04. The molecule has 4 heterocycles. The normalized spacial score (nSPS) is 20.3. The Morgan fingerprint density at radius 1 is 1.26 bits per heavy atom. The van der Waals surface area contributed by atoms with Gasteiger partial charge in [-0.1, -0.05) is 12.1 Å². The van der Waals surface area contributed by atoms with Crippen LogP contribution in [0.1, 0.15) is 35.7 Å². The van der Waals surface area contributed by atoms with Crippen molar-refractivity contribution in [2.75, 3.05) is 19.6 Å². The average Bonchev–Trinajstić information content (AvgIpc) is 3.42. The Labute approximate surface area is 158 Å². The minimum absolute atomic E-state index is 0.121. The van der Waals surface area contributed by atoms with Gasteiger partial charge >= 0.3 is 0 Å². The number of nitrogens with one attached hydrogen (secondary N) is 1. The first-order chi connectivity index (χ1) is 13.2. The molecule has 0 spiro atoms. The van der Waals surface area contributed by atoms with Gasteiger partial charge in [-0.05, 0) is 30.5 Å². The van der Waals surface area contributed by atoms with E-state index < -0.39 is 0 Å². The first-order valence-electron chi connectivity index (χ1n) is 9.77. The molecule has 0 bridgehead atoms. The summed E-state index contributed by atoms with van der Waals surface area (Å²) in [4.78, 5) is 25.5. The Bertz CT molecular complexity index is 982. The highest BCUT2D eigenvalue weighted by molar-refractivity contribution is 5.85. The van der Waals surface area contributed by atoms with Crippen molar-refractivity contribution in [3.8, 4) is 0 Å². The van der Waals surface area contributed by atoms with E-state index in [4.69, 9.17) is 0 Å². The zero-order chi connectivity index (χ0) is 18.4. The number of amides is 1. The topological polar surface area (TPSA) is 57.2 Å². The summed E-state index contributed by atoms with van der Waals surface area (Å²) in [7, 11) is 2.01. The molecule has 0 saturated carbocycles. The fraction of sp³-hybridized carbons (Fsp3) is 0.429. The molecule has 1 aromatic carbocycles. The van der Waals surface area contributed by atoms with Crippen LogP contribution in [-0.4, -0.2) is 49.9 Å². The van der Waals surface area contributed by atoms with Gasteiger partial charge < -0.3 is 14.5 Å². The third-order valence-corrected chi connectivity index (χ3v) is 6.00. The predicted octanol–water partition coefficient (Wildman–Crippen LogP) is 2.62. The number of aromatic nitrogens is 3. The number of H-pyrrole nitrogens is 1. The van der Waals surface area contributed by atoms with Crippen LogP contribution in [0.25, 0.3) is 10.9 Å². The summed E-state index contributed by atoms with van der Waals surface area (Å²) in [5.74, 6) is 0.145. The van der Waals surface area contributed by atoms with E-state index in [-0.39, 0.29) is 11.8 Å². The van der Waals surface area contributed by atoms with Crippen LogP contribution >= 0.6 is 0 Å². The zero-order valence-corrected chi connectivity index (χ0v) is 15.7. The summed E-state index contributed by atoms with van der Waals surface area (Å²) in [5, 5.41) is 1.26. The minimum atomic E-state index is -0.121. The second-order valence-corrected chi connectivity index (χ2v) is 7.80. The average molecular weight is 363 g/mol. The number of carbonyl (C=O) groups is 1. The number of benzene rings is 1. The molecule has 2 aliphatic rings. The highest BCUT2D eigenvalue weighted by Gasteiger charge is 2.36. The third-order valence-electron chi connectivity index (χ3n) is 6.00. The van der Waals surface area contributed by atoms with Crippen molar-refractivity contribution >= 4 is 16.8 Å².